The minimum Gasteiger partial charge on any atom is -0.472 e. The summed E-state index contributed by atoms with van der Waals surface area (Å²) >= 11 is 0. The van der Waals surface area contributed by atoms with Gasteiger partial charge in [0.25, 0.3) is 0 Å². The van der Waals surface area contributed by atoms with E-state index in [1.165, 1.54) is 12.5 Å². The molecule has 248 valence electrons. The Kier molecular flexibility index (Phi) is 7.58. The molecular weight excluding hydrogens is 576 g/mol. The molecule has 1 saturated heterocycles. The summed E-state index contributed by atoms with van der Waals surface area (Å²) in [5.74, 6) is -2.22. The predicted molar refractivity (Wildman–Crippen MR) is 163 cm³/mol. The lowest BCUT2D eigenvalue weighted by molar-refractivity contribution is -0.267. The van der Waals surface area contributed by atoms with Crippen molar-refractivity contribution in [2.24, 2.45) is 45.3 Å². The standard InChI is InChI=1S/C36H50O9/c1-9-19(3)30(39)44-26-16-24(37)35(8)22-11-13-33(6)23(15-25(38)36(33,41)21-12-14-42-17-21)34(22,7)29(45-31(40)20(4)10-2)27-28(35)32(26,5)18-43-27/h12,14-15,17,19-20,22,24,26-29,37,41H,9-11,13,16,18H2,1-8H3/t19-,20-,22-,24-,26+,27+,28-,29+,32+,33+,34+,35-,36-/m0/s1. The fourth-order valence-electron chi connectivity index (χ4n) is 10.5. The van der Waals surface area contributed by atoms with Gasteiger partial charge in [0.2, 0.25) is 0 Å². The van der Waals surface area contributed by atoms with E-state index in [4.69, 9.17) is 18.6 Å². The number of aliphatic hydroxyl groups is 2. The Morgan fingerprint density at radius 1 is 1.07 bits per heavy atom. The van der Waals surface area contributed by atoms with Crippen LogP contribution >= 0.6 is 0 Å². The molecule has 45 heavy (non-hydrogen) atoms. The van der Waals surface area contributed by atoms with Crippen molar-refractivity contribution in [2.75, 3.05) is 6.61 Å². The van der Waals surface area contributed by atoms with E-state index in [0.717, 1.165) is 5.57 Å². The molecule has 0 radical (unpaired) electrons. The quantitative estimate of drug-likeness (QED) is 0.396. The Hall–Kier alpha value is -2.49. The van der Waals surface area contributed by atoms with Crippen LogP contribution in [0.5, 0.6) is 0 Å². The number of aliphatic hydroxyl groups excluding tert-OH is 1. The van der Waals surface area contributed by atoms with Crippen molar-refractivity contribution in [2.45, 2.75) is 118 Å². The highest BCUT2D eigenvalue weighted by molar-refractivity contribution is 6.03. The summed E-state index contributed by atoms with van der Waals surface area (Å²) in [6.45, 7) is 16.0. The van der Waals surface area contributed by atoms with E-state index < -0.39 is 57.5 Å². The van der Waals surface area contributed by atoms with Gasteiger partial charge in [0.15, 0.2) is 11.4 Å². The molecule has 4 aliphatic carbocycles. The van der Waals surface area contributed by atoms with E-state index in [1.54, 1.807) is 12.1 Å². The molecule has 2 N–H and O–H groups in total. The first-order chi connectivity index (χ1) is 21.1. The number of fused-ring (bicyclic) bond motifs is 4. The first kappa shape index (κ1) is 32.5. The van der Waals surface area contributed by atoms with Crippen molar-refractivity contribution >= 4 is 17.7 Å². The normalized spacial score (nSPS) is 46.4. The van der Waals surface area contributed by atoms with E-state index in [0.29, 0.717) is 31.2 Å². The Balaban J connectivity index is 1.50. The number of rotatable bonds is 7. The van der Waals surface area contributed by atoms with Crippen molar-refractivity contribution in [3.63, 3.8) is 0 Å². The van der Waals surface area contributed by atoms with E-state index in [9.17, 15) is 24.6 Å². The zero-order valence-electron chi connectivity index (χ0n) is 27.9. The Morgan fingerprint density at radius 2 is 1.71 bits per heavy atom. The van der Waals surface area contributed by atoms with Crippen LogP contribution < -0.4 is 0 Å². The summed E-state index contributed by atoms with van der Waals surface area (Å²) in [5, 5.41) is 24.5. The van der Waals surface area contributed by atoms with E-state index in [1.807, 2.05) is 41.5 Å². The molecule has 0 amide bonds. The molecule has 0 spiro atoms. The molecule has 9 nitrogen and oxygen atoms in total. The maximum Gasteiger partial charge on any atom is 0.309 e. The van der Waals surface area contributed by atoms with Gasteiger partial charge < -0.3 is 28.8 Å². The van der Waals surface area contributed by atoms with Gasteiger partial charge in [-0.3, -0.25) is 14.4 Å². The highest BCUT2D eigenvalue weighted by atomic mass is 16.6. The first-order valence-electron chi connectivity index (χ1n) is 16.8. The highest BCUT2D eigenvalue weighted by Crippen LogP contribution is 2.75. The van der Waals surface area contributed by atoms with Gasteiger partial charge >= 0.3 is 11.9 Å². The van der Waals surface area contributed by atoms with Crippen LogP contribution in [-0.2, 0) is 34.2 Å². The summed E-state index contributed by atoms with van der Waals surface area (Å²) in [4.78, 5) is 40.6. The van der Waals surface area contributed by atoms with Crippen molar-refractivity contribution in [1.29, 1.82) is 0 Å². The number of ether oxygens (including phenoxy) is 3. The van der Waals surface area contributed by atoms with Gasteiger partial charge in [-0.05, 0) is 49.3 Å². The van der Waals surface area contributed by atoms with Gasteiger partial charge in [-0.15, -0.1) is 0 Å². The summed E-state index contributed by atoms with van der Waals surface area (Å²) in [7, 11) is 0. The van der Waals surface area contributed by atoms with Crippen LogP contribution in [0.1, 0.15) is 93.1 Å². The molecule has 6 rings (SSSR count). The molecule has 1 aliphatic heterocycles. The fourth-order valence-corrected chi connectivity index (χ4v) is 10.5. The summed E-state index contributed by atoms with van der Waals surface area (Å²) in [6.07, 6.45) is 4.14. The number of hydrogen-bond acceptors (Lipinski definition) is 9. The van der Waals surface area contributed by atoms with E-state index in [-0.39, 0.29) is 48.6 Å². The largest absolute Gasteiger partial charge is 0.472 e. The van der Waals surface area contributed by atoms with Gasteiger partial charge in [-0.2, -0.15) is 0 Å². The fraction of sp³-hybridized carbons (Fsp3) is 0.750. The average molecular weight is 627 g/mol. The van der Waals surface area contributed by atoms with Crippen LogP contribution in [0.15, 0.2) is 34.7 Å². The Labute approximate surface area is 266 Å². The van der Waals surface area contributed by atoms with Crippen molar-refractivity contribution in [1.82, 2.24) is 0 Å². The molecule has 13 atom stereocenters. The van der Waals surface area contributed by atoms with Gasteiger partial charge in [0.05, 0.1) is 43.2 Å². The third kappa shape index (κ3) is 3.99. The lowest BCUT2D eigenvalue weighted by Crippen LogP contribution is -2.73. The average Bonchev–Trinajstić information content (AvgIpc) is 3.72. The third-order valence-corrected chi connectivity index (χ3v) is 13.6. The molecule has 3 saturated carbocycles. The number of ketones is 1. The smallest absolute Gasteiger partial charge is 0.309 e. The van der Waals surface area contributed by atoms with Crippen LogP contribution in [0.4, 0.5) is 0 Å². The number of carbonyl (C=O) groups excluding carboxylic acids is 3. The van der Waals surface area contributed by atoms with Crippen LogP contribution in [0.25, 0.3) is 0 Å². The molecular formula is C36H50O9. The molecule has 4 fully saturated rings. The predicted octanol–water partition coefficient (Wildman–Crippen LogP) is 5.12. The molecule has 9 heteroatoms. The minimum absolute atomic E-state index is 0.234. The van der Waals surface area contributed by atoms with Gasteiger partial charge in [-0.25, -0.2) is 0 Å². The topological polar surface area (TPSA) is 132 Å². The maximum atomic E-state index is 13.9. The number of esters is 2. The number of furan rings is 1. The van der Waals surface area contributed by atoms with E-state index in [2.05, 4.69) is 13.8 Å². The maximum absolute atomic E-state index is 13.9. The van der Waals surface area contributed by atoms with Crippen LogP contribution in [-0.4, -0.2) is 59.0 Å². The molecule has 0 bridgehead atoms. The SMILES string of the molecule is CC[C@H](C)C(=O)O[C@@H]1[C@@H]2OC[C@]3(C)[C@H](OC(=O)[C@@H](C)CC)C[C@H](O)[C@@](C)([C@@H]23)[C@H]2CC[C@]3(C)C(=CC(=O)[C@@]3(O)c3ccoc3)[C@]12C. The zero-order chi connectivity index (χ0) is 32.9. The van der Waals surface area contributed by atoms with Gasteiger partial charge in [0.1, 0.15) is 12.2 Å². The first-order valence-corrected chi connectivity index (χ1v) is 16.8. The Bertz CT molecular complexity index is 1400. The summed E-state index contributed by atoms with van der Waals surface area (Å²) in [6, 6.07) is 1.63. The second kappa shape index (κ2) is 10.5. The van der Waals surface area contributed by atoms with Crippen molar-refractivity contribution in [3.05, 3.63) is 35.8 Å². The lowest BCUT2D eigenvalue weighted by atomic mass is 9.36. The zero-order valence-corrected chi connectivity index (χ0v) is 27.9. The van der Waals surface area contributed by atoms with Crippen molar-refractivity contribution in [3.8, 4) is 0 Å². The third-order valence-electron chi connectivity index (χ3n) is 13.6. The second-order valence-electron chi connectivity index (χ2n) is 15.6. The van der Waals surface area contributed by atoms with Crippen LogP contribution in [0.2, 0.25) is 0 Å². The highest BCUT2D eigenvalue weighted by Gasteiger charge is 2.79. The van der Waals surface area contributed by atoms with Gasteiger partial charge in [-0.1, -0.05) is 55.4 Å². The van der Waals surface area contributed by atoms with E-state index >= 15 is 0 Å². The Morgan fingerprint density at radius 3 is 2.31 bits per heavy atom. The second-order valence-corrected chi connectivity index (χ2v) is 15.6. The molecule has 0 aromatic carbocycles. The molecule has 1 aromatic rings. The van der Waals surface area contributed by atoms with Gasteiger partial charge in [0, 0.05) is 39.6 Å². The minimum atomic E-state index is -1.85. The number of hydrogen-bond donors (Lipinski definition) is 2. The molecule has 5 aliphatic rings. The molecule has 0 unspecified atom stereocenters. The van der Waals surface area contributed by atoms with Crippen LogP contribution in [0, 0.1) is 45.3 Å². The summed E-state index contributed by atoms with van der Waals surface area (Å²) in [5.41, 5.74) is -4.08. The van der Waals surface area contributed by atoms with Crippen LogP contribution in [0.3, 0.4) is 0 Å². The lowest BCUT2D eigenvalue weighted by Gasteiger charge is -2.69. The monoisotopic (exact) mass is 626 g/mol. The van der Waals surface area contributed by atoms with Crippen molar-refractivity contribution < 1.29 is 43.2 Å². The molecule has 1 aromatic heterocycles. The summed E-state index contributed by atoms with van der Waals surface area (Å²) < 4.78 is 24.7. The molecule has 2 heterocycles. The number of carbonyl (C=O) groups is 3.